The predicted octanol–water partition coefficient (Wildman–Crippen LogP) is 3.84. The number of rotatable bonds is 5. The largest absolute Gasteiger partial charge is 0.252 e. The summed E-state index contributed by atoms with van der Waals surface area (Å²) < 4.78 is 28.0. The third-order valence-electron chi connectivity index (χ3n) is 3.11. The van der Waals surface area contributed by atoms with Crippen LogP contribution in [0, 0.1) is 0 Å². The Labute approximate surface area is 129 Å². The SMILES string of the molecule is O=S(=O)(c1ccc(Br)s1)N1CCCC1CCCBr. The van der Waals surface area contributed by atoms with Gasteiger partial charge in [-0.25, -0.2) is 8.42 Å². The number of hydrogen-bond acceptors (Lipinski definition) is 3. The van der Waals surface area contributed by atoms with Crippen LogP contribution in [-0.2, 0) is 10.0 Å². The van der Waals surface area contributed by atoms with E-state index in [-0.39, 0.29) is 6.04 Å². The van der Waals surface area contributed by atoms with Gasteiger partial charge in [0.15, 0.2) is 0 Å². The van der Waals surface area contributed by atoms with E-state index in [4.69, 9.17) is 0 Å². The summed E-state index contributed by atoms with van der Waals surface area (Å²) in [5.74, 6) is 0. The van der Waals surface area contributed by atoms with Crippen molar-refractivity contribution >= 4 is 53.2 Å². The fraction of sp³-hybridized carbons (Fsp3) is 0.636. The highest BCUT2D eigenvalue weighted by Crippen LogP contribution is 2.33. The molecule has 1 fully saturated rings. The lowest BCUT2D eigenvalue weighted by atomic mass is 10.1. The van der Waals surface area contributed by atoms with Crippen molar-refractivity contribution in [2.24, 2.45) is 0 Å². The molecule has 1 saturated heterocycles. The molecule has 0 spiro atoms. The lowest BCUT2D eigenvalue weighted by Gasteiger charge is -2.23. The molecule has 1 aromatic heterocycles. The van der Waals surface area contributed by atoms with Gasteiger partial charge in [-0.1, -0.05) is 15.9 Å². The molecule has 1 aromatic rings. The lowest BCUT2D eigenvalue weighted by Crippen LogP contribution is -2.35. The molecule has 0 radical (unpaired) electrons. The van der Waals surface area contributed by atoms with Gasteiger partial charge < -0.3 is 0 Å². The fourth-order valence-corrected chi connectivity index (χ4v) is 6.47. The van der Waals surface area contributed by atoms with E-state index in [0.717, 1.165) is 34.8 Å². The van der Waals surface area contributed by atoms with Crippen molar-refractivity contribution in [3.63, 3.8) is 0 Å². The maximum absolute atomic E-state index is 12.5. The Kier molecular flexibility index (Phi) is 5.28. The van der Waals surface area contributed by atoms with Gasteiger partial charge in [0.1, 0.15) is 4.21 Å². The fourth-order valence-electron chi connectivity index (χ4n) is 2.28. The van der Waals surface area contributed by atoms with Crippen LogP contribution in [0.5, 0.6) is 0 Å². The summed E-state index contributed by atoms with van der Waals surface area (Å²) in [5.41, 5.74) is 0. The summed E-state index contributed by atoms with van der Waals surface area (Å²) in [6.45, 7) is 0.658. The van der Waals surface area contributed by atoms with Crippen LogP contribution in [0.3, 0.4) is 0 Å². The highest BCUT2D eigenvalue weighted by molar-refractivity contribution is 9.11. The molecule has 1 unspecified atom stereocenters. The molecule has 0 bridgehead atoms. The molecule has 0 aromatic carbocycles. The first-order chi connectivity index (χ1) is 8.55. The second-order valence-corrected chi connectivity index (χ2v) is 9.67. The lowest BCUT2D eigenvalue weighted by molar-refractivity contribution is 0.370. The van der Waals surface area contributed by atoms with Gasteiger partial charge in [-0.3, -0.25) is 0 Å². The van der Waals surface area contributed by atoms with Gasteiger partial charge in [-0.15, -0.1) is 11.3 Å². The van der Waals surface area contributed by atoms with E-state index in [0.29, 0.717) is 10.8 Å². The summed E-state index contributed by atoms with van der Waals surface area (Å²) >= 11 is 8.01. The van der Waals surface area contributed by atoms with Crippen LogP contribution >= 0.6 is 43.2 Å². The molecule has 1 aliphatic rings. The first-order valence-electron chi connectivity index (χ1n) is 5.89. The first-order valence-corrected chi connectivity index (χ1v) is 10.1. The number of sulfonamides is 1. The van der Waals surface area contributed by atoms with Crippen molar-refractivity contribution < 1.29 is 8.42 Å². The molecule has 0 amide bonds. The summed E-state index contributed by atoms with van der Waals surface area (Å²) in [6, 6.07) is 3.65. The van der Waals surface area contributed by atoms with Crippen molar-refractivity contribution in [2.45, 2.75) is 35.9 Å². The van der Waals surface area contributed by atoms with Crippen LogP contribution in [0.1, 0.15) is 25.7 Å². The van der Waals surface area contributed by atoms with E-state index in [1.165, 1.54) is 11.3 Å². The molecule has 7 heteroatoms. The first kappa shape index (κ1) is 15.0. The van der Waals surface area contributed by atoms with Crippen LogP contribution in [-0.4, -0.2) is 30.6 Å². The van der Waals surface area contributed by atoms with E-state index < -0.39 is 10.0 Å². The molecule has 0 aliphatic carbocycles. The summed E-state index contributed by atoms with van der Waals surface area (Å²) in [7, 11) is -3.29. The van der Waals surface area contributed by atoms with Crippen molar-refractivity contribution in [3.05, 3.63) is 15.9 Å². The summed E-state index contributed by atoms with van der Waals surface area (Å²) in [4.78, 5) is 0. The van der Waals surface area contributed by atoms with Crippen molar-refractivity contribution in [3.8, 4) is 0 Å². The Hall–Kier alpha value is 0.570. The van der Waals surface area contributed by atoms with Gasteiger partial charge in [0.25, 0.3) is 10.0 Å². The van der Waals surface area contributed by atoms with Gasteiger partial charge in [-0.05, 0) is 53.7 Å². The second-order valence-electron chi connectivity index (χ2n) is 4.30. The minimum Gasteiger partial charge on any atom is -0.206 e. The second kappa shape index (κ2) is 6.35. The Balaban J connectivity index is 2.18. The van der Waals surface area contributed by atoms with E-state index >= 15 is 0 Å². The van der Waals surface area contributed by atoms with Gasteiger partial charge in [0.2, 0.25) is 0 Å². The molecule has 3 nitrogen and oxygen atoms in total. The highest BCUT2D eigenvalue weighted by atomic mass is 79.9. The van der Waals surface area contributed by atoms with Crippen molar-refractivity contribution in [1.29, 1.82) is 0 Å². The monoisotopic (exact) mass is 415 g/mol. The normalized spacial score (nSPS) is 21.6. The quantitative estimate of drug-likeness (QED) is 0.683. The topological polar surface area (TPSA) is 37.4 Å². The zero-order valence-corrected chi connectivity index (χ0v) is 14.6. The Morgan fingerprint density at radius 1 is 1.44 bits per heavy atom. The smallest absolute Gasteiger partial charge is 0.206 e. The number of thiophene rings is 1. The zero-order valence-electron chi connectivity index (χ0n) is 9.81. The molecule has 2 rings (SSSR count). The molecule has 102 valence electrons. The Morgan fingerprint density at radius 2 is 2.22 bits per heavy atom. The zero-order chi connectivity index (χ0) is 13.2. The minimum atomic E-state index is -3.29. The Morgan fingerprint density at radius 3 is 2.83 bits per heavy atom. The van der Waals surface area contributed by atoms with Crippen LogP contribution in [0.4, 0.5) is 0 Å². The standard InChI is InChI=1S/C11H15Br2NO2S2/c12-7-1-3-9-4-2-8-14(9)18(15,16)11-6-5-10(13)17-11/h5-6,9H,1-4,7-8H2. The summed E-state index contributed by atoms with van der Waals surface area (Å²) in [6.07, 6.45) is 3.92. The molecule has 0 N–H and O–H groups in total. The number of halogens is 2. The predicted molar refractivity (Wildman–Crippen MR) is 82.0 cm³/mol. The number of alkyl halides is 1. The third kappa shape index (κ3) is 3.17. The van der Waals surface area contributed by atoms with Crippen molar-refractivity contribution in [2.75, 3.05) is 11.9 Å². The van der Waals surface area contributed by atoms with Crippen LogP contribution in [0.15, 0.2) is 20.1 Å². The average molecular weight is 417 g/mol. The minimum absolute atomic E-state index is 0.174. The molecular formula is C11H15Br2NO2S2. The van der Waals surface area contributed by atoms with Crippen molar-refractivity contribution in [1.82, 2.24) is 4.31 Å². The maximum atomic E-state index is 12.5. The molecule has 18 heavy (non-hydrogen) atoms. The average Bonchev–Trinajstić information content (AvgIpc) is 2.95. The van der Waals surface area contributed by atoms with Crippen LogP contribution in [0.25, 0.3) is 0 Å². The summed E-state index contributed by atoms with van der Waals surface area (Å²) in [5, 5.41) is 0.932. The van der Waals surface area contributed by atoms with Crippen LogP contribution in [0.2, 0.25) is 0 Å². The van der Waals surface area contributed by atoms with Gasteiger partial charge >= 0.3 is 0 Å². The van der Waals surface area contributed by atoms with Gasteiger partial charge in [0.05, 0.1) is 3.79 Å². The number of hydrogen-bond donors (Lipinski definition) is 0. The molecular weight excluding hydrogens is 402 g/mol. The highest BCUT2D eigenvalue weighted by Gasteiger charge is 2.35. The van der Waals surface area contributed by atoms with E-state index in [2.05, 4.69) is 31.9 Å². The van der Waals surface area contributed by atoms with Crippen LogP contribution < -0.4 is 0 Å². The third-order valence-corrected chi connectivity index (χ3v) is 7.71. The molecule has 2 heterocycles. The van der Waals surface area contributed by atoms with E-state index in [9.17, 15) is 8.42 Å². The molecule has 1 aliphatic heterocycles. The number of nitrogens with zero attached hydrogens (tertiary/aromatic N) is 1. The molecule has 0 saturated carbocycles. The molecule has 1 atom stereocenters. The van der Waals surface area contributed by atoms with E-state index in [1.54, 1.807) is 16.4 Å². The van der Waals surface area contributed by atoms with Gasteiger partial charge in [-0.2, -0.15) is 4.31 Å². The van der Waals surface area contributed by atoms with E-state index in [1.807, 2.05) is 0 Å². The maximum Gasteiger partial charge on any atom is 0.252 e. The Bertz CT molecular complexity index is 501. The van der Waals surface area contributed by atoms with Gasteiger partial charge in [0, 0.05) is 17.9 Å².